The van der Waals surface area contributed by atoms with Crippen LogP contribution in [0.15, 0.2) is 60.8 Å². The van der Waals surface area contributed by atoms with E-state index in [-0.39, 0.29) is 17.0 Å². The van der Waals surface area contributed by atoms with Gasteiger partial charge in [0.05, 0.1) is 0 Å². The Morgan fingerprint density at radius 2 is 1.67 bits per heavy atom. The van der Waals surface area contributed by atoms with E-state index in [2.05, 4.69) is 10.3 Å². The minimum Gasteiger partial charge on any atom is -0.507 e. The average molecular weight is 401 g/mol. The van der Waals surface area contributed by atoms with E-state index >= 15 is 0 Å². The lowest BCUT2D eigenvalue weighted by molar-refractivity contribution is 0.0693. The van der Waals surface area contributed by atoms with Crippen LogP contribution in [0, 0.1) is 13.8 Å². The predicted molar refractivity (Wildman–Crippen MR) is 113 cm³/mol. The summed E-state index contributed by atoms with van der Waals surface area (Å²) in [5, 5.41) is 21.6. The molecule has 0 atom stereocenters. The van der Waals surface area contributed by atoms with E-state index in [0.29, 0.717) is 17.0 Å². The first-order valence-electron chi connectivity index (χ1n) is 9.27. The Morgan fingerprint density at radius 1 is 0.967 bits per heavy atom. The number of carboxylic acids is 1. The van der Waals surface area contributed by atoms with Crippen molar-refractivity contribution in [1.29, 1.82) is 0 Å². The van der Waals surface area contributed by atoms with Gasteiger partial charge < -0.3 is 15.5 Å². The number of carboxylic acid groups (broad SMARTS) is 1. The number of hydrogen-bond acceptors (Lipinski definition) is 4. The molecule has 7 nitrogen and oxygen atoms in total. The molecule has 0 aliphatic rings. The van der Waals surface area contributed by atoms with Gasteiger partial charge in [-0.2, -0.15) is 0 Å². The first-order chi connectivity index (χ1) is 14.3. The fourth-order valence-corrected chi connectivity index (χ4v) is 3.26. The van der Waals surface area contributed by atoms with Crippen molar-refractivity contribution in [3.63, 3.8) is 0 Å². The maximum atomic E-state index is 13.2. The van der Waals surface area contributed by atoms with Gasteiger partial charge in [-0.05, 0) is 43.7 Å². The summed E-state index contributed by atoms with van der Waals surface area (Å²) in [5.74, 6) is -2.09. The molecule has 3 N–H and O–H groups in total. The number of imidazole rings is 1. The summed E-state index contributed by atoms with van der Waals surface area (Å²) in [6, 6.07) is 15.4. The van der Waals surface area contributed by atoms with Gasteiger partial charge in [-0.25, -0.2) is 9.78 Å². The molecule has 0 aliphatic carbocycles. The summed E-state index contributed by atoms with van der Waals surface area (Å²) in [7, 11) is 0. The molecule has 2 heterocycles. The SMILES string of the molecule is Cc1ccc(-c2nc3ccc(C)cn3c2C(=O)Nc2ccc(O)c(C(=O)O)c2)cc1. The molecule has 0 aliphatic heterocycles. The molecule has 0 saturated heterocycles. The van der Waals surface area contributed by atoms with Crippen molar-refractivity contribution < 1.29 is 19.8 Å². The van der Waals surface area contributed by atoms with Crippen LogP contribution in [-0.2, 0) is 0 Å². The highest BCUT2D eigenvalue weighted by Gasteiger charge is 2.21. The highest BCUT2D eigenvalue weighted by atomic mass is 16.4. The number of benzene rings is 2. The Balaban J connectivity index is 1.82. The van der Waals surface area contributed by atoms with Crippen LogP contribution < -0.4 is 5.32 Å². The molecule has 150 valence electrons. The molecule has 0 bridgehead atoms. The highest BCUT2D eigenvalue weighted by molar-refractivity contribution is 6.08. The number of nitrogens with one attached hydrogen (secondary N) is 1. The van der Waals surface area contributed by atoms with Gasteiger partial charge in [0.1, 0.15) is 28.3 Å². The molecular formula is C23H19N3O4. The van der Waals surface area contributed by atoms with Crippen LogP contribution in [0.2, 0.25) is 0 Å². The molecular weight excluding hydrogens is 382 g/mol. The molecule has 1 amide bonds. The van der Waals surface area contributed by atoms with E-state index in [1.807, 2.05) is 56.4 Å². The lowest BCUT2D eigenvalue weighted by Crippen LogP contribution is -2.16. The number of pyridine rings is 1. The molecule has 4 rings (SSSR count). The van der Waals surface area contributed by atoms with E-state index in [1.165, 1.54) is 18.2 Å². The van der Waals surface area contributed by atoms with E-state index in [1.54, 1.807) is 4.40 Å². The number of amides is 1. The monoisotopic (exact) mass is 401 g/mol. The highest BCUT2D eigenvalue weighted by Crippen LogP contribution is 2.27. The van der Waals surface area contributed by atoms with Crippen LogP contribution in [0.1, 0.15) is 32.0 Å². The second kappa shape index (κ2) is 7.36. The molecule has 0 unspecified atom stereocenters. The van der Waals surface area contributed by atoms with Gasteiger partial charge in [0.2, 0.25) is 0 Å². The minimum absolute atomic E-state index is 0.257. The zero-order valence-electron chi connectivity index (χ0n) is 16.4. The zero-order chi connectivity index (χ0) is 21.4. The molecule has 7 heteroatoms. The number of aryl methyl sites for hydroxylation is 2. The standard InChI is InChI=1S/C23H19N3O4/c1-13-3-6-15(7-4-13)20-21(26-12-14(2)5-10-19(26)25-20)22(28)24-16-8-9-18(27)17(11-16)23(29)30/h3-12,27H,1-2H3,(H,24,28)(H,29,30). The molecule has 0 fully saturated rings. The van der Waals surface area contributed by atoms with Crippen LogP contribution in [0.5, 0.6) is 5.75 Å². The second-order valence-corrected chi connectivity index (χ2v) is 7.10. The number of aromatic hydroxyl groups is 1. The molecule has 2 aromatic heterocycles. The van der Waals surface area contributed by atoms with Gasteiger partial charge in [-0.1, -0.05) is 35.9 Å². The summed E-state index contributed by atoms with van der Waals surface area (Å²) < 4.78 is 1.72. The number of aromatic nitrogens is 2. The Morgan fingerprint density at radius 3 is 2.37 bits per heavy atom. The van der Waals surface area contributed by atoms with Gasteiger partial charge in [0.25, 0.3) is 5.91 Å². The number of rotatable bonds is 4. The predicted octanol–water partition coefficient (Wildman–Crippen LogP) is 4.27. The Kier molecular flexibility index (Phi) is 4.71. The van der Waals surface area contributed by atoms with Gasteiger partial charge in [0.15, 0.2) is 0 Å². The minimum atomic E-state index is -1.28. The Hall–Kier alpha value is -4.13. The lowest BCUT2D eigenvalue weighted by Gasteiger charge is -2.09. The third-order valence-electron chi connectivity index (χ3n) is 4.79. The number of phenols is 1. The summed E-state index contributed by atoms with van der Waals surface area (Å²) >= 11 is 0. The van der Waals surface area contributed by atoms with E-state index in [4.69, 9.17) is 0 Å². The van der Waals surface area contributed by atoms with Crippen LogP contribution in [0.4, 0.5) is 5.69 Å². The number of aromatic carboxylic acids is 1. The molecule has 0 saturated carbocycles. The van der Waals surface area contributed by atoms with Gasteiger partial charge in [-0.3, -0.25) is 9.20 Å². The zero-order valence-corrected chi connectivity index (χ0v) is 16.4. The van der Waals surface area contributed by atoms with Crippen LogP contribution in [0.3, 0.4) is 0 Å². The lowest BCUT2D eigenvalue weighted by atomic mass is 10.1. The van der Waals surface area contributed by atoms with Crippen LogP contribution >= 0.6 is 0 Å². The molecule has 0 spiro atoms. The quantitative estimate of drug-likeness (QED) is 0.443. The topological polar surface area (TPSA) is 104 Å². The van der Waals surface area contributed by atoms with E-state index < -0.39 is 11.9 Å². The smallest absolute Gasteiger partial charge is 0.339 e. The van der Waals surface area contributed by atoms with Crippen LogP contribution in [0.25, 0.3) is 16.9 Å². The summed E-state index contributed by atoms with van der Waals surface area (Å²) in [5.41, 5.74) is 4.30. The molecule has 0 radical (unpaired) electrons. The molecule has 30 heavy (non-hydrogen) atoms. The van der Waals surface area contributed by atoms with Crippen LogP contribution in [-0.4, -0.2) is 31.5 Å². The number of fused-ring (bicyclic) bond motifs is 1. The van der Waals surface area contributed by atoms with E-state index in [0.717, 1.165) is 16.7 Å². The van der Waals surface area contributed by atoms with Gasteiger partial charge in [0, 0.05) is 17.4 Å². The number of hydrogen-bond donors (Lipinski definition) is 3. The maximum absolute atomic E-state index is 13.2. The van der Waals surface area contributed by atoms with Crippen molar-refractivity contribution in [3.8, 4) is 17.0 Å². The first-order valence-corrected chi connectivity index (χ1v) is 9.27. The van der Waals surface area contributed by atoms with Crippen molar-refractivity contribution in [1.82, 2.24) is 9.38 Å². The number of anilines is 1. The van der Waals surface area contributed by atoms with Crippen molar-refractivity contribution in [3.05, 3.63) is 83.2 Å². The van der Waals surface area contributed by atoms with Gasteiger partial charge in [-0.15, -0.1) is 0 Å². The number of carbonyl (C=O) groups excluding carboxylic acids is 1. The van der Waals surface area contributed by atoms with Crippen molar-refractivity contribution in [2.75, 3.05) is 5.32 Å². The number of nitrogens with zero attached hydrogens (tertiary/aromatic N) is 2. The molecule has 2 aromatic carbocycles. The Labute approximate surface area is 172 Å². The second-order valence-electron chi connectivity index (χ2n) is 7.10. The third-order valence-corrected chi connectivity index (χ3v) is 4.79. The van der Waals surface area contributed by atoms with Crippen molar-refractivity contribution in [2.45, 2.75) is 13.8 Å². The van der Waals surface area contributed by atoms with E-state index in [9.17, 15) is 19.8 Å². The first kappa shape index (κ1) is 19.2. The maximum Gasteiger partial charge on any atom is 0.339 e. The third kappa shape index (κ3) is 3.48. The van der Waals surface area contributed by atoms with Crippen molar-refractivity contribution >= 4 is 23.2 Å². The number of carbonyl (C=O) groups is 2. The summed E-state index contributed by atoms with van der Waals surface area (Å²) in [6.07, 6.45) is 1.83. The Bertz CT molecular complexity index is 1290. The summed E-state index contributed by atoms with van der Waals surface area (Å²) in [4.78, 5) is 29.2. The fraction of sp³-hybridized carbons (Fsp3) is 0.0870. The average Bonchev–Trinajstić information content (AvgIpc) is 3.08. The van der Waals surface area contributed by atoms with Gasteiger partial charge >= 0.3 is 5.97 Å². The largest absolute Gasteiger partial charge is 0.507 e. The summed E-state index contributed by atoms with van der Waals surface area (Å²) in [6.45, 7) is 3.90. The van der Waals surface area contributed by atoms with Crippen molar-refractivity contribution in [2.24, 2.45) is 0 Å². The fourth-order valence-electron chi connectivity index (χ4n) is 3.26. The molecule has 4 aromatic rings. The normalized spacial score (nSPS) is 10.9.